The second-order valence-electron chi connectivity index (χ2n) is 6.55. The summed E-state index contributed by atoms with van der Waals surface area (Å²) in [5, 5.41) is 16.4. The van der Waals surface area contributed by atoms with E-state index >= 15 is 0 Å². The molecule has 4 aromatic rings. The van der Waals surface area contributed by atoms with Crippen LogP contribution in [0.2, 0.25) is 0 Å². The normalized spacial score (nSPS) is 10.9. The maximum absolute atomic E-state index is 12.7. The van der Waals surface area contributed by atoms with Gasteiger partial charge in [0.05, 0.1) is 5.69 Å². The number of amides is 1. The molecule has 0 aliphatic rings. The minimum absolute atomic E-state index is 0.107. The number of rotatable bonds is 5. The van der Waals surface area contributed by atoms with E-state index in [9.17, 15) is 4.79 Å². The number of fused-ring (bicyclic) bond motifs is 1. The first-order chi connectivity index (χ1) is 13.7. The van der Waals surface area contributed by atoms with Crippen molar-refractivity contribution in [2.75, 3.05) is 11.9 Å². The number of hydrogen-bond acceptors (Lipinski definition) is 4. The molecule has 0 spiro atoms. The zero-order valence-electron chi connectivity index (χ0n) is 15.5. The number of aryl methyl sites for hydroxylation is 1. The molecule has 0 saturated heterocycles. The predicted octanol–water partition coefficient (Wildman–Crippen LogP) is 3.49. The van der Waals surface area contributed by atoms with Gasteiger partial charge in [0, 0.05) is 35.8 Å². The quantitative estimate of drug-likeness (QED) is 0.562. The van der Waals surface area contributed by atoms with Gasteiger partial charge in [0.15, 0.2) is 5.65 Å². The fourth-order valence-corrected chi connectivity index (χ4v) is 3.24. The third-order valence-corrected chi connectivity index (χ3v) is 4.60. The zero-order valence-corrected chi connectivity index (χ0v) is 15.5. The molecule has 0 unspecified atom stereocenters. The molecular weight excluding hydrogens is 352 g/mol. The SMILES string of the molecule is Cc1nn2cccnc2c1-c1cccc(C(=O)Nc2ccc(CCO)cc2)c1. The Morgan fingerprint density at radius 1 is 1.14 bits per heavy atom. The van der Waals surface area contributed by atoms with E-state index in [0.717, 1.165) is 28.0 Å². The highest BCUT2D eigenvalue weighted by Crippen LogP contribution is 2.27. The van der Waals surface area contributed by atoms with Gasteiger partial charge in [-0.3, -0.25) is 4.79 Å². The Kier molecular flexibility index (Phi) is 4.87. The molecule has 0 aliphatic carbocycles. The summed E-state index contributed by atoms with van der Waals surface area (Å²) in [6.45, 7) is 2.04. The lowest BCUT2D eigenvalue weighted by molar-refractivity contribution is 0.102. The zero-order chi connectivity index (χ0) is 19.5. The first-order valence-corrected chi connectivity index (χ1v) is 9.07. The minimum atomic E-state index is -0.182. The summed E-state index contributed by atoms with van der Waals surface area (Å²) in [5.41, 5.74) is 5.74. The minimum Gasteiger partial charge on any atom is -0.396 e. The van der Waals surface area contributed by atoms with E-state index in [1.54, 1.807) is 16.8 Å². The summed E-state index contributed by atoms with van der Waals surface area (Å²) >= 11 is 0. The van der Waals surface area contributed by atoms with Crippen LogP contribution in [-0.4, -0.2) is 32.2 Å². The van der Waals surface area contributed by atoms with Gasteiger partial charge in [-0.15, -0.1) is 0 Å². The number of aliphatic hydroxyl groups is 1. The molecule has 2 N–H and O–H groups in total. The Morgan fingerprint density at radius 2 is 1.96 bits per heavy atom. The lowest BCUT2D eigenvalue weighted by Gasteiger charge is -2.08. The van der Waals surface area contributed by atoms with E-state index in [1.165, 1.54) is 0 Å². The van der Waals surface area contributed by atoms with Crippen LogP contribution in [0.4, 0.5) is 5.69 Å². The lowest BCUT2D eigenvalue weighted by atomic mass is 10.0. The van der Waals surface area contributed by atoms with Crippen LogP contribution in [0.3, 0.4) is 0 Å². The summed E-state index contributed by atoms with van der Waals surface area (Å²) < 4.78 is 1.74. The molecule has 4 rings (SSSR count). The second-order valence-corrected chi connectivity index (χ2v) is 6.55. The Morgan fingerprint density at radius 3 is 2.75 bits per heavy atom. The van der Waals surface area contributed by atoms with Crippen LogP contribution in [0.5, 0.6) is 0 Å². The number of nitrogens with zero attached hydrogens (tertiary/aromatic N) is 3. The summed E-state index contributed by atoms with van der Waals surface area (Å²) in [6.07, 6.45) is 4.19. The van der Waals surface area contributed by atoms with Crippen LogP contribution in [0.25, 0.3) is 16.8 Å². The average molecular weight is 372 g/mol. The van der Waals surface area contributed by atoms with Crippen molar-refractivity contribution < 1.29 is 9.90 Å². The van der Waals surface area contributed by atoms with Crippen LogP contribution in [-0.2, 0) is 6.42 Å². The smallest absolute Gasteiger partial charge is 0.255 e. The van der Waals surface area contributed by atoms with Crippen molar-refractivity contribution >= 4 is 17.2 Å². The highest BCUT2D eigenvalue weighted by atomic mass is 16.3. The van der Waals surface area contributed by atoms with E-state index in [-0.39, 0.29) is 12.5 Å². The number of benzene rings is 2. The summed E-state index contributed by atoms with van der Waals surface area (Å²) in [4.78, 5) is 17.1. The summed E-state index contributed by atoms with van der Waals surface area (Å²) in [5.74, 6) is -0.182. The third kappa shape index (κ3) is 3.50. The summed E-state index contributed by atoms with van der Waals surface area (Å²) in [6, 6.07) is 16.8. The van der Waals surface area contributed by atoms with Crippen molar-refractivity contribution in [2.45, 2.75) is 13.3 Å². The lowest BCUT2D eigenvalue weighted by Crippen LogP contribution is -2.12. The molecule has 0 aliphatic heterocycles. The average Bonchev–Trinajstić information content (AvgIpc) is 3.05. The fraction of sp³-hybridized carbons (Fsp3) is 0.136. The van der Waals surface area contributed by atoms with Gasteiger partial charge in [0.2, 0.25) is 0 Å². The first-order valence-electron chi connectivity index (χ1n) is 9.07. The first kappa shape index (κ1) is 17.9. The number of hydrogen-bond donors (Lipinski definition) is 2. The van der Waals surface area contributed by atoms with E-state index in [0.29, 0.717) is 17.7 Å². The van der Waals surface area contributed by atoms with Crippen LogP contribution < -0.4 is 5.32 Å². The van der Waals surface area contributed by atoms with Gasteiger partial charge in [-0.05, 0) is 54.8 Å². The predicted molar refractivity (Wildman–Crippen MR) is 108 cm³/mol. The molecule has 2 aromatic carbocycles. The van der Waals surface area contributed by atoms with Gasteiger partial charge in [0.25, 0.3) is 5.91 Å². The van der Waals surface area contributed by atoms with Gasteiger partial charge >= 0.3 is 0 Å². The number of aromatic nitrogens is 3. The molecule has 0 bridgehead atoms. The van der Waals surface area contributed by atoms with E-state index in [1.807, 2.05) is 61.7 Å². The number of aliphatic hydroxyl groups excluding tert-OH is 1. The Labute approximate surface area is 162 Å². The molecular formula is C22H20N4O2. The van der Waals surface area contributed by atoms with E-state index in [2.05, 4.69) is 15.4 Å². The van der Waals surface area contributed by atoms with Crippen molar-refractivity contribution in [1.82, 2.24) is 14.6 Å². The van der Waals surface area contributed by atoms with Crippen molar-refractivity contribution in [1.29, 1.82) is 0 Å². The molecule has 2 heterocycles. The molecule has 140 valence electrons. The molecule has 6 heteroatoms. The van der Waals surface area contributed by atoms with Crippen LogP contribution in [0.1, 0.15) is 21.6 Å². The highest BCUT2D eigenvalue weighted by Gasteiger charge is 2.14. The Bertz CT molecular complexity index is 1130. The molecule has 2 aromatic heterocycles. The highest BCUT2D eigenvalue weighted by molar-refractivity contribution is 6.05. The van der Waals surface area contributed by atoms with E-state index < -0.39 is 0 Å². The molecule has 28 heavy (non-hydrogen) atoms. The third-order valence-electron chi connectivity index (χ3n) is 4.60. The fourth-order valence-electron chi connectivity index (χ4n) is 3.24. The molecule has 0 atom stereocenters. The van der Waals surface area contributed by atoms with Crippen LogP contribution >= 0.6 is 0 Å². The van der Waals surface area contributed by atoms with Gasteiger partial charge < -0.3 is 10.4 Å². The molecule has 6 nitrogen and oxygen atoms in total. The number of nitrogens with one attached hydrogen (secondary N) is 1. The molecule has 0 radical (unpaired) electrons. The maximum Gasteiger partial charge on any atom is 0.255 e. The van der Waals surface area contributed by atoms with Crippen LogP contribution in [0.15, 0.2) is 67.0 Å². The Hall–Kier alpha value is -3.51. The van der Waals surface area contributed by atoms with Gasteiger partial charge in [-0.2, -0.15) is 5.10 Å². The van der Waals surface area contributed by atoms with Gasteiger partial charge in [0.1, 0.15) is 0 Å². The molecule has 0 saturated carbocycles. The second kappa shape index (κ2) is 7.62. The topological polar surface area (TPSA) is 79.5 Å². The molecule has 0 fully saturated rings. The maximum atomic E-state index is 12.7. The van der Waals surface area contributed by atoms with Crippen molar-refractivity contribution in [3.05, 3.63) is 83.8 Å². The number of carbonyl (C=O) groups excluding carboxylic acids is 1. The van der Waals surface area contributed by atoms with E-state index in [4.69, 9.17) is 5.11 Å². The van der Waals surface area contributed by atoms with Gasteiger partial charge in [-0.1, -0.05) is 24.3 Å². The monoisotopic (exact) mass is 372 g/mol. The van der Waals surface area contributed by atoms with Crippen molar-refractivity contribution in [3.8, 4) is 11.1 Å². The standard InChI is InChI=1S/C22H20N4O2/c1-15-20(21-23-11-3-12-26(21)25-15)17-4-2-5-18(14-17)22(28)24-19-8-6-16(7-9-19)10-13-27/h2-9,11-12,14,27H,10,13H2,1H3,(H,24,28). The number of anilines is 1. The van der Waals surface area contributed by atoms with Crippen molar-refractivity contribution in [2.24, 2.45) is 0 Å². The largest absolute Gasteiger partial charge is 0.396 e. The van der Waals surface area contributed by atoms with Crippen LogP contribution in [0, 0.1) is 6.92 Å². The van der Waals surface area contributed by atoms with Crippen molar-refractivity contribution in [3.63, 3.8) is 0 Å². The number of carbonyl (C=O) groups is 1. The van der Waals surface area contributed by atoms with Gasteiger partial charge in [-0.25, -0.2) is 9.50 Å². The molecule has 1 amide bonds. The Balaban J connectivity index is 1.61. The summed E-state index contributed by atoms with van der Waals surface area (Å²) in [7, 11) is 0.